The molecule has 252 valence electrons. The molecule has 0 bridgehead atoms. The van der Waals surface area contributed by atoms with Gasteiger partial charge in [-0.15, -0.1) is 0 Å². The molecule has 2 aromatic rings. The fraction of sp³-hybridized carbons (Fsp3) is 0.500. The maximum atomic E-state index is 13.7. The molecule has 2 aromatic carbocycles. The van der Waals surface area contributed by atoms with E-state index in [4.69, 9.17) is 0 Å². The Balaban J connectivity index is 1.54. The van der Waals surface area contributed by atoms with Gasteiger partial charge in [0.2, 0.25) is 0 Å². The average molecular weight is 662 g/mol. The van der Waals surface area contributed by atoms with Gasteiger partial charge in [0.25, 0.3) is 0 Å². The van der Waals surface area contributed by atoms with E-state index in [1.165, 1.54) is 48.2 Å². The van der Waals surface area contributed by atoms with E-state index in [-0.39, 0.29) is 31.2 Å². The van der Waals surface area contributed by atoms with Crippen LogP contribution in [0.5, 0.6) is 0 Å². The van der Waals surface area contributed by atoms with Crippen molar-refractivity contribution in [3.63, 3.8) is 0 Å². The Kier molecular flexibility index (Phi) is 9.97. The lowest BCUT2D eigenvalue weighted by Crippen LogP contribution is -2.50. The van der Waals surface area contributed by atoms with Crippen LogP contribution in [0.15, 0.2) is 42.5 Å². The zero-order valence-electron chi connectivity index (χ0n) is 25.2. The van der Waals surface area contributed by atoms with E-state index in [0.29, 0.717) is 48.3 Å². The molecule has 0 spiro atoms. The van der Waals surface area contributed by atoms with Crippen molar-refractivity contribution in [3.05, 3.63) is 65.0 Å². The number of carboxylic acid groups (broad SMARTS) is 1. The van der Waals surface area contributed by atoms with Gasteiger partial charge < -0.3 is 25.1 Å². The number of likely N-dealkylation sites (N-methyl/N-ethyl adjacent to an activating group) is 1. The Bertz CT molecular complexity index is 1400. The van der Waals surface area contributed by atoms with Gasteiger partial charge in [-0.1, -0.05) is 12.1 Å². The highest BCUT2D eigenvalue weighted by Gasteiger charge is 2.42. The predicted molar refractivity (Wildman–Crippen MR) is 153 cm³/mol. The first-order valence-electron chi connectivity index (χ1n) is 14.4. The molecule has 1 saturated carbocycles. The molecule has 46 heavy (non-hydrogen) atoms. The van der Waals surface area contributed by atoms with E-state index in [0.717, 1.165) is 11.9 Å². The topological polar surface area (TPSA) is 96.4 Å². The quantitative estimate of drug-likeness (QED) is 0.360. The number of carbonyl (C=O) groups excluding carboxylic acids is 2. The highest BCUT2D eigenvalue weighted by Crippen LogP contribution is 2.39. The van der Waals surface area contributed by atoms with Crippen molar-refractivity contribution in [2.24, 2.45) is 0 Å². The number of alkyl halides is 6. The lowest BCUT2D eigenvalue weighted by Gasteiger charge is -2.34. The second-order valence-corrected chi connectivity index (χ2v) is 11.7. The normalized spacial score (nSPS) is 21.9. The van der Waals surface area contributed by atoms with E-state index < -0.39 is 65.1 Å². The standard InChI is InChI=1S/C30H34F7N5O4/c1-39(23-13-18(29(32,33)34)12-19(14-23)30(35,36)37)27(44)41(3)25-16-42(15-24(25)17-4-6-20(31)7-5-17)26(43)38-21-8-10-22(11-9-21)40(2)28(45)46/h4-7,12-14,21-22,24-25H,8-11,15-16H2,1-3H3,(H,38,43)(H,45,46)/t21?,22?,24-,25+/m0/s1. The van der Waals surface area contributed by atoms with Gasteiger partial charge in [-0.25, -0.2) is 18.8 Å². The maximum absolute atomic E-state index is 13.7. The largest absolute Gasteiger partial charge is 0.465 e. The highest BCUT2D eigenvalue weighted by atomic mass is 19.4. The lowest BCUT2D eigenvalue weighted by atomic mass is 9.90. The molecular formula is C30H34F7N5O4. The van der Waals surface area contributed by atoms with Crippen molar-refractivity contribution in [3.8, 4) is 0 Å². The molecule has 2 aliphatic rings. The fourth-order valence-electron chi connectivity index (χ4n) is 6.03. The number of rotatable bonds is 5. The van der Waals surface area contributed by atoms with Gasteiger partial charge in [0.15, 0.2) is 0 Å². The van der Waals surface area contributed by atoms with Crippen LogP contribution in [-0.4, -0.2) is 90.3 Å². The van der Waals surface area contributed by atoms with Gasteiger partial charge in [-0.05, 0) is 61.6 Å². The van der Waals surface area contributed by atoms with Crippen LogP contribution in [0.25, 0.3) is 0 Å². The van der Waals surface area contributed by atoms with Gasteiger partial charge in [-0.3, -0.25) is 4.90 Å². The Morgan fingerprint density at radius 3 is 1.87 bits per heavy atom. The Morgan fingerprint density at radius 1 is 0.826 bits per heavy atom. The first kappa shape index (κ1) is 34.6. The summed E-state index contributed by atoms with van der Waals surface area (Å²) in [7, 11) is 3.88. The SMILES string of the molecule is CN(C(=O)N(C)[C@@H]1CN(C(=O)NC2CCC(N(C)C(=O)O)CC2)C[C@H]1c1ccc(F)cc1)c1cc(C(F)(F)F)cc(C(F)(F)F)c1. The molecule has 0 unspecified atom stereocenters. The van der Waals surface area contributed by atoms with Crippen LogP contribution in [-0.2, 0) is 12.4 Å². The third kappa shape index (κ3) is 7.76. The summed E-state index contributed by atoms with van der Waals surface area (Å²) in [4.78, 5) is 42.7. The molecule has 2 fully saturated rings. The van der Waals surface area contributed by atoms with Crippen LogP contribution in [0, 0.1) is 5.82 Å². The smallest absolute Gasteiger partial charge is 0.416 e. The number of halogens is 7. The monoisotopic (exact) mass is 661 g/mol. The second kappa shape index (κ2) is 13.2. The molecule has 0 radical (unpaired) electrons. The molecule has 4 rings (SSSR count). The van der Waals surface area contributed by atoms with Gasteiger partial charge in [0, 0.05) is 57.9 Å². The molecule has 1 saturated heterocycles. The van der Waals surface area contributed by atoms with E-state index in [9.17, 15) is 50.2 Å². The van der Waals surface area contributed by atoms with Crippen molar-refractivity contribution in [1.82, 2.24) is 20.0 Å². The van der Waals surface area contributed by atoms with Crippen LogP contribution in [0.4, 0.5) is 50.8 Å². The number of urea groups is 2. The maximum Gasteiger partial charge on any atom is 0.416 e. The molecule has 1 aliphatic heterocycles. The van der Waals surface area contributed by atoms with Crippen molar-refractivity contribution in [1.29, 1.82) is 0 Å². The summed E-state index contributed by atoms with van der Waals surface area (Å²) in [6.45, 7) is 0.0553. The van der Waals surface area contributed by atoms with Crippen molar-refractivity contribution < 1.29 is 50.2 Å². The van der Waals surface area contributed by atoms with Crippen LogP contribution in [0.1, 0.15) is 48.3 Å². The summed E-state index contributed by atoms with van der Waals surface area (Å²) < 4.78 is 94.5. The molecule has 5 amide bonds. The van der Waals surface area contributed by atoms with Gasteiger partial charge in [0.05, 0.1) is 17.2 Å². The minimum Gasteiger partial charge on any atom is -0.465 e. The zero-order valence-corrected chi connectivity index (χ0v) is 25.2. The number of hydrogen-bond donors (Lipinski definition) is 2. The average Bonchev–Trinajstić information content (AvgIpc) is 3.45. The van der Waals surface area contributed by atoms with Crippen molar-refractivity contribution in [2.45, 2.75) is 62.1 Å². The molecule has 16 heteroatoms. The van der Waals surface area contributed by atoms with Crippen LogP contribution in [0.2, 0.25) is 0 Å². The number of nitrogens with one attached hydrogen (secondary N) is 1. The summed E-state index contributed by atoms with van der Waals surface area (Å²) in [5.74, 6) is -1.09. The number of anilines is 1. The molecule has 9 nitrogen and oxygen atoms in total. The number of likely N-dealkylation sites (tertiary alicyclic amines) is 1. The Hall–Kier alpha value is -4.24. The van der Waals surface area contributed by atoms with E-state index in [2.05, 4.69) is 5.32 Å². The third-order valence-electron chi connectivity index (χ3n) is 8.79. The van der Waals surface area contributed by atoms with E-state index in [1.54, 1.807) is 0 Å². The predicted octanol–water partition coefficient (Wildman–Crippen LogP) is 6.45. The molecule has 0 aromatic heterocycles. The summed E-state index contributed by atoms with van der Waals surface area (Å²) in [6.07, 6.45) is -9.10. The molecule has 2 atom stereocenters. The minimum atomic E-state index is -5.11. The Morgan fingerprint density at radius 2 is 1.37 bits per heavy atom. The first-order valence-corrected chi connectivity index (χ1v) is 14.4. The summed E-state index contributed by atoms with van der Waals surface area (Å²) in [6, 6.07) is 3.70. The summed E-state index contributed by atoms with van der Waals surface area (Å²) in [5, 5.41) is 12.2. The van der Waals surface area contributed by atoms with Gasteiger partial charge in [0.1, 0.15) is 5.82 Å². The number of carbonyl (C=O) groups is 3. The van der Waals surface area contributed by atoms with Gasteiger partial charge >= 0.3 is 30.5 Å². The fourth-order valence-corrected chi connectivity index (χ4v) is 6.03. The zero-order chi connectivity index (χ0) is 34.1. The number of amides is 5. The van der Waals surface area contributed by atoms with E-state index >= 15 is 0 Å². The van der Waals surface area contributed by atoms with Crippen molar-refractivity contribution in [2.75, 3.05) is 39.1 Å². The number of nitrogens with zero attached hydrogens (tertiary/aromatic N) is 4. The molecule has 1 aliphatic carbocycles. The number of hydrogen-bond acceptors (Lipinski definition) is 3. The minimum absolute atomic E-state index is 0.0273. The van der Waals surface area contributed by atoms with Crippen LogP contribution in [0.3, 0.4) is 0 Å². The van der Waals surface area contributed by atoms with Gasteiger partial charge in [-0.2, -0.15) is 26.3 Å². The van der Waals surface area contributed by atoms with Crippen molar-refractivity contribution >= 4 is 23.8 Å². The summed E-state index contributed by atoms with van der Waals surface area (Å²) in [5.41, 5.74) is -3.21. The Labute approximate surface area is 260 Å². The second-order valence-electron chi connectivity index (χ2n) is 11.7. The first-order chi connectivity index (χ1) is 21.4. The third-order valence-corrected chi connectivity index (χ3v) is 8.79. The molecular weight excluding hydrogens is 627 g/mol. The number of benzene rings is 2. The van der Waals surface area contributed by atoms with Crippen LogP contribution < -0.4 is 10.2 Å². The summed E-state index contributed by atoms with van der Waals surface area (Å²) >= 11 is 0. The highest BCUT2D eigenvalue weighted by molar-refractivity contribution is 5.92. The molecule has 2 N–H and O–H groups in total. The lowest BCUT2D eigenvalue weighted by molar-refractivity contribution is -0.143. The van der Waals surface area contributed by atoms with E-state index in [1.807, 2.05) is 0 Å². The molecule has 1 heterocycles. The van der Waals surface area contributed by atoms with Crippen LogP contribution >= 0.6 is 0 Å².